The molecule has 0 heteroatoms. The van der Waals surface area contributed by atoms with Gasteiger partial charge in [0.25, 0.3) is 0 Å². The fourth-order valence-electron chi connectivity index (χ4n) is 4.91. The van der Waals surface area contributed by atoms with Gasteiger partial charge in [-0.25, -0.2) is 0 Å². The summed E-state index contributed by atoms with van der Waals surface area (Å²) in [4.78, 5) is 0. The first-order valence-electron chi connectivity index (χ1n) is 10.5. The zero-order valence-electron chi connectivity index (χ0n) is 17.8. The summed E-state index contributed by atoms with van der Waals surface area (Å²) in [6, 6.07) is 0. The summed E-state index contributed by atoms with van der Waals surface area (Å²) in [5.41, 5.74) is 2.25. The minimum Gasteiger partial charge on any atom is -0.0850 e. The van der Waals surface area contributed by atoms with Crippen molar-refractivity contribution in [2.45, 2.75) is 107 Å². The third-order valence-corrected chi connectivity index (χ3v) is 6.39. The summed E-state index contributed by atoms with van der Waals surface area (Å²) in [5.74, 6) is 3.07. The summed E-state index contributed by atoms with van der Waals surface area (Å²) in [6.45, 7) is 21.7. The van der Waals surface area contributed by atoms with E-state index in [0.29, 0.717) is 5.41 Å². The number of hydrogen-bond donors (Lipinski definition) is 0. The van der Waals surface area contributed by atoms with E-state index in [4.69, 9.17) is 0 Å². The summed E-state index contributed by atoms with van der Waals surface area (Å²) in [5, 5.41) is 0. The van der Waals surface area contributed by atoms with Gasteiger partial charge in [0.1, 0.15) is 0 Å². The first-order chi connectivity index (χ1) is 10.8. The van der Waals surface area contributed by atoms with Gasteiger partial charge in [-0.1, -0.05) is 99.6 Å². The summed E-state index contributed by atoms with van der Waals surface area (Å²) < 4.78 is 0. The van der Waals surface area contributed by atoms with Gasteiger partial charge in [0.2, 0.25) is 0 Å². The Balaban J connectivity index is 5.77. The maximum Gasteiger partial charge on any atom is -0.0147 e. The molecule has 0 aromatic heterocycles. The van der Waals surface area contributed by atoms with Gasteiger partial charge in [-0.15, -0.1) is 0 Å². The molecule has 0 bridgehead atoms. The van der Waals surface area contributed by atoms with Crippen molar-refractivity contribution < 1.29 is 0 Å². The van der Waals surface area contributed by atoms with Crippen molar-refractivity contribution >= 4 is 0 Å². The highest BCUT2D eigenvalue weighted by molar-refractivity contribution is 5.15. The molecule has 0 aliphatic carbocycles. The lowest BCUT2D eigenvalue weighted by molar-refractivity contribution is 0.152. The highest BCUT2D eigenvalue weighted by atomic mass is 14.4. The zero-order valence-corrected chi connectivity index (χ0v) is 17.8. The summed E-state index contributed by atoms with van der Waals surface area (Å²) >= 11 is 0. The van der Waals surface area contributed by atoms with Crippen LogP contribution in [-0.2, 0) is 0 Å². The van der Waals surface area contributed by atoms with E-state index in [9.17, 15) is 0 Å². The van der Waals surface area contributed by atoms with Crippen LogP contribution in [0.5, 0.6) is 0 Å². The van der Waals surface area contributed by atoms with Gasteiger partial charge in [-0.3, -0.25) is 0 Å². The molecule has 0 fully saturated rings. The second kappa shape index (κ2) is 11.3. The first-order valence-corrected chi connectivity index (χ1v) is 10.5. The maximum atomic E-state index is 2.60. The van der Waals surface area contributed by atoms with Crippen LogP contribution in [0.3, 0.4) is 0 Å². The van der Waals surface area contributed by atoms with Crippen LogP contribution < -0.4 is 0 Å². The van der Waals surface area contributed by atoms with Crippen LogP contribution in [0.15, 0.2) is 11.6 Å². The molecule has 0 aliphatic heterocycles. The third-order valence-electron chi connectivity index (χ3n) is 6.39. The molecule has 0 heterocycles. The predicted octanol–water partition coefficient (Wildman–Crippen LogP) is 8.27. The van der Waals surface area contributed by atoms with Crippen LogP contribution in [0.2, 0.25) is 0 Å². The van der Waals surface area contributed by atoms with E-state index >= 15 is 0 Å². The van der Waals surface area contributed by atoms with E-state index in [1.54, 1.807) is 5.57 Å². The van der Waals surface area contributed by atoms with Crippen molar-refractivity contribution in [2.75, 3.05) is 0 Å². The lowest BCUT2D eigenvalue weighted by Crippen LogP contribution is -2.33. The topological polar surface area (TPSA) is 0 Å². The molecule has 0 saturated carbocycles. The second-order valence-electron chi connectivity index (χ2n) is 8.32. The minimum atomic E-state index is 0.468. The van der Waals surface area contributed by atoms with Gasteiger partial charge < -0.3 is 0 Å². The standard InChI is InChI=1S/C23H46/c1-10-15-21(19(8)20(13-4)18(6)7)22(16-11-2)23(9,14-5)17-12-3/h15,18-20,22H,10-14,16-17H2,1-9H3. The average Bonchev–Trinajstić information content (AvgIpc) is 2.51. The lowest BCUT2D eigenvalue weighted by atomic mass is 9.62. The van der Waals surface area contributed by atoms with Gasteiger partial charge >= 0.3 is 0 Å². The molecule has 0 nitrogen and oxygen atoms in total. The maximum absolute atomic E-state index is 2.60. The largest absolute Gasteiger partial charge is 0.0850 e. The molecule has 0 aromatic rings. The van der Waals surface area contributed by atoms with Crippen LogP contribution in [0.25, 0.3) is 0 Å². The number of rotatable bonds is 12. The van der Waals surface area contributed by atoms with Crippen molar-refractivity contribution in [3.05, 3.63) is 11.6 Å². The summed E-state index contributed by atoms with van der Waals surface area (Å²) in [6.07, 6.45) is 11.7. The molecule has 23 heavy (non-hydrogen) atoms. The van der Waals surface area contributed by atoms with Gasteiger partial charge in [0.15, 0.2) is 0 Å². The molecule has 0 spiro atoms. The Morgan fingerprint density at radius 2 is 1.57 bits per heavy atom. The predicted molar refractivity (Wildman–Crippen MR) is 108 cm³/mol. The van der Waals surface area contributed by atoms with Crippen LogP contribution >= 0.6 is 0 Å². The second-order valence-corrected chi connectivity index (χ2v) is 8.32. The highest BCUT2D eigenvalue weighted by Crippen LogP contribution is 2.47. The van der Waals surface area contributed by atoms with E-state index in [1.807, 2.05) is 0 Å². The fraction of sp³-hybridized carbons (Fsp3) is 0.913. The Morgan fingerprint density at radius 3 is 1.91 bits per heavy atom. The fourth-order valence-corrected chi connectivity index (χ4v) is 4.91. The monoisotopic (exact) mass is 322 g/mol. The Bertz CT molecular complexity index is 325. The first kappa shape index (κ1) is 22.7. The zero-order chi connectivity index (χ0) is 18.0. The van der Waals surface area contributed by atoms with E-state index in [1.165, 1.54) is 44.9 Å². The molecule has 4 atom stereocenters. The smallest absolute Gasteiger partial charge is 0.0147 e. The van der Waals surface area contributed by atoms with E-state index in [0.717, 1.165) is 23.7 Å². The molecule has 0 radical (unpaired) electrons. The van der Waals surface area contributed by atoms with Crippen molar-refractivity contribution in [3.8, 4) is 0 Å². The molecular weight excluding hydrogens is 276 g/mol. The van der Waals surface area contributed by atoms with Gasteiger partial charge in [-0.2, -0.15) is 0 Å². The Hall–Kier alpha value is -0.260. The molecule has 138 valence electrons. The van der Waals surface area contributed by atoms with Crippen LogP contribution in [-0.4, -0.2) is 0 Å². The van der Waals surface area contributed by atoms with Crippen molar-refractivity contribution in [3.63, 3.8) is 0 Å². The Morgan fingerprint density at radius 1 is 0.957 bits per heavy atom. The van der Waals surface area contributed by atoms with Crippen molar-refractivity contribution in [2.24, 2.45) is 29.1 Å². The molecule has 0 aliphatic rings. The Kier molecular flexibility index (Phi) is 11.2. The minimum absolute atomic E-state index is 0.468. The Labute approximate surface area is 148 Å². The molecule has 0 N–H and O–H groups in total. The quantitative estimate of drug-likeness (QED) is 0.317. The van der Waals surface area contributed by atoms with Gasteiger partial charge in [0, 0.05) is 0 Å². The molecule has 0 saturated heterocycles. The third kappa shape index (κ3) is 6.28. The molecule has 0 rings (SSSR count). The molecular formula is C23H46. The highest BCUT2D eigenvalue weighted by Gasteiger charge is 2.36. The molecule has 4 unspecified atom stereocenters. The lowest BCUT2D eigenvalue weighted by Gasteiger charge is -2.43. The van der Waals surface area contributed by atoms with Crippen LogP contribution in [0.1, 0.15) is 107 Å². The normalized spacial score (nSPS) is 19.5. The average molecular weight is 323 g/mol. The SMILES string of the molecule is CCC=C(C(C)C(CC)C(C)C)C(CCC)C(C)(CC)CCC. The van der Waals surface area contributed by atoms with Gasteiger partial charge in [-0.05, 0) is 48.3 Å². The van der Waals surface area contributed by atoms with Crippen LogP contribution in [0, 0.1) is 29.1 Å². The number of hydrogen-bond acceptors (Lipinski definition) is 0. The van der Waals surface area contributed by atoms with Crippen molar-refractivity contribution in [1.29, 1.82) is 0 Å². The van der Waals surface area contributed by atoms with Crippen LogP contribution in [0.4, 0.5) is 0 Å². The number of allylic oxidation sites excluding steroid dienone is 2. The summed E-state index contributed by atoms with van der Waals surface area (Å²) in [7, 11) is 0. The van der Waals surface area contributed by atoms with Crippen molar-refractivity contribution in [1.82, 2.24) is 0 Å². The van der Waals surface area contributed by atoms with E-state index in [2.05, 4.69) is 68.4 Å². The molecule has 0 amide bonds. The van der Waals surface area contributed by atoms with Gasteiger partial charge in [0.05, 0.1) is 0 Å². The van der Waals surface area contributed by atoms with E-state index < -0.39 is 0 Å². The van der Waals surface area contributed by atoms with E-state index in [-0.39, 0.29) is 0 Å². The molecule has 0 aromatic carbocycles.